The largest absolute Gasteiger partial charge is 0.310 e. The van der Waals surface area contributed by atoms with E-state index in [1.807, 2.05) is 30.3 Å². The summed E-state index contributed by atoms with van der Waals surface area (Å²) in [4.78, 5) is 0. The van der Waals surface area contributed by atoms with E-state index in [0.29, 0.717) is 0 Å². The molecule has 0 bridgehead atoms. The van der Waals surface area contributed by atoms with Crippen molar-refractivity contribution in [2.24, 2.45) is 0 Å². The second-order valence-corrected chi connectivity index (χ2v) is 1.95. The third-order valence-electron chi connectivity index (χ3n) is 1.26. The number of anilines is 1. The zero-order chi connectivity index (χ0) is 7.40. The summed E-state index contributed by atoms with van der Waals surface area (Å²) >= 11 is 0. The van der Waals surface area contributed by atoms with Gasteiger partial charge < -0.3 is 0 Å². The van der Waals surface area contributed by atoms with E-state index in [1.54, 1.807) is 7.05 Å². The summed E-state index contributed by atoms with van der Waals surface area (Å²) < 4.78 is 0. The number of hydrogen-bond donors (Lipinski definition) is 0. The van der Waals surface area contributed by atoms with Crippen LogP contribution in [0.15, 0.2) is 30.3 Å². The zero-order valence-electron chi connectivity index (χ0n) is 5.73. The maximum absolute atomic E-state index is 8.34. The lowest BCUT2D eigenvalue weighted by atomic mass is 10.3. The van der Waals surface area contributed by atoms with Crippen molar-refractivity contribution in [1.82, 2.24) is 0 Å². The zero-order valence-corrected chi connectivity index (χ0v) is 5.73. The first-order valence-electron chi connectivity index (χ1n) is 2.98. The Bertz CT molecular complexity index is 237. The Morgan fingerprint density at radius 2 is 1.90 bits per heavy atom. The van der Waals surface area contributed by atoms with Crippen molar-refractivity contribution in [3.63, 3.8) is 0 Å². The number of diazo groups is 1. The van der Waals surface area contributed by atoms with E-state index in [2.05, 4.69) is 5.08 Å². The van der Waals surface area contributed by atoms with Gasteiger partial charge in [0.2, 0.25) is 0 Å². The third-order valence-corrected chi connectivity index (χ3v) is 1.26. The first-order valence-corrected chi connectivity index (χ1v) is 2.98. The average Bonchev–Trinajstić information content (AvgIpc) is 2.05. The fourth-order valence-electron chi connectivity index (χ4n) is 0.695. The van der Waals surface area contributed by atoms with Gasteiger partial charge >= 0.3 is 5.08 Å². The molecular weight excluding hydrogens is 126 g/mol. The Labute approximate surface area is 59.5 Å². The molecule has 0 N–H and O–H groups in total. The predicted octanol–water partition coefficient (Wildman–Crippen LogP) is 1.89. The van der Waals surface area contributed by atoms with Crippen molar-refractivity contribution in [3.8, 4) is 0 Å². The summed E-state index contributed by atoms with van der Waals surface area (Å²) in [5, 5.41) is 12.7. The predicted molar refractivity (Wildman–Crippen MR) is 39.9 cm³/mol. The number of hydrogen-bond acceptors (Lipinski definition) is 2. The van der Waals surface area contributed by atoms with Gasteiger partial charge in [-0.15, -0.1) is 0 Å². The Hall–Kier alpha value is -1.56. The highest BCUT2D eigenvalue weighted by Gasteiger charge is 2.05. The first-order chi connectivity index (χ1) is 4.84. The maximum Gasteiger partial charge on any atom is 0.310 e. The van der Waals surface area contributed by atoms with Crippen molar-refractivity contribution in [1.29, 1.82) is 5.39 Å². The maximum atomic E-state index is 8.34. The van der Waals surface area contributed by atoms with Gasteiger partial charge in [0.05, 0.1) is 7.05 Å². The van der Waals surface area contributed by atoms with E-state index in [0.717, 1.165) is 5.69 Å². The number of nitrogens with zero attached hydrogens (tertiary/aromatic N) is 3. The Kier molecular flexibility index (Phi) is 1.86. The fourth-order valence-corrected chi connectivity index (χ4v) is 0.695. The van der Waals surface area contributed by atoms with Crippen LogP contribution in [0, 0.1) is 5.39 Å². The SMILES string of the molecule is CN([N+]#N)c1ccccc1. The van der Waals surface area contributed by atoms with Crippen LogP contribution in [0.4, 0.5) is 5.69 Å². The van der Waals surface area contributed by atoms with E-state index in [-0.39, 0.29) is 0 Å². The van der Waals surface area contributed by atoms with E-state index in [4.69, 9.17) is 5.39 Å². The van der Waals surface area contributed by atoms with Crippen LogP contribution in [0.3, 0.4) is 0 Å². The van der Waals surface area contributed by atoms with Crippen LogP contribution in [-0.4, -0.2) is 7.05 Å². The molecule has 0 aliphatic rings. The standard InChI is InChI=1S/C7H8N3/c1-10(9-8)7-5-3-2-4-6-7/h2-6H,1H3/q+1. The van der Waals surface area contributed by atoms with Crippen LogP contribution in [0.5, 0.6) is 0 Å². The molecule has 0 unspecified atom stereocenters. The molecule has 0 atom stereocenters. The molecule has 0 aliphatic heterocycles. The summed E-state index contributed by atoms with van der Waals surface area (Å²) in [6.07, 6.45) is 0. The fraction of sp³-hybridized carbons (Fsp3) is 0.143. The summed E-state index contributed by atoms with van der Waals surface area (Å²) in [6.45, 7) is 0. The van der Waals surface area contributed by atoms with Crippen LogP contribution in [0.1, 0.15) is 0 Å². The molecule has 1 aromatic carbocycles. The molecule has 0 saturated heterocycles. The monoisotopic (exact) mass is 134 g/mol. The van der Waals surface area contributed by atoms with Gasteiger partial charge in [-0.25, -0.2) is 0 Å². The number of rotatable bonds is 1. The van der Waals surface area contributed by atoms with Gasteiger partial charge in [0, 0.05) is 0 Å². The Morgan fingerprint density at radius 3 is 2.40 bits per heavy atom. The van der Waals surface area contributed by atoms with Crippen LogP contribution in [0.25, 0.3) is 5.08 Å². The summed E-state index contributed by atoms with van der Waals surface area (Å²) in [5.41, 5.74) is 0.866. The van der Waals surface area contributed by atoms with E-state index in [1.165, 1.54) is 5.01 Å². The van der Waals surface area contributed by atoms with Crippen molar-refractivity contribution >= 4 is 5.69 Å². The molecule has 0 saturated carbocycles. The molecule has 0 amide bonds. The normalized spacial score (nSPS) is 8.40. The molecule has 1 rings (SSSR count). The third kappa shape index (κ3) is 1.23. The molecule has 1 aromatic rings. The molecular formula is C7H8N3+. The lowest BCUT2D eigenvalue weighted by Gasteiger charge is -1.93. The molecule has 0 fully saturated rings. The van der Waals surface area contributed by atoms with E-state index in [9.17, 15) is 0 Å². The minimum Gasteiger partial charge on any atom is -0.0621 e. The Balaban J connectivity index is 2.88. The molecule has 3 nitrogen and oxygen atoms in total. The van der Waals surface area contributed by atoms with Crippen LogP contribution in [0.2, 0.25) is 0 Å². The number of benzene rings is 1. The lowest BCUT2D eigenvalue weighted by molar-refractivity contribution is 1.14. The number of para-hydroxylation sites is 1. The average molecular weight is 134 g/mol. The lowest BCUT2D eigenvalue weighted by Crippen LogP contribution is -2.03. The van der Waals surface area contributed by atoms with Crippen molar-refractivity contribution in [2.45, 2.75) is 0 Å². The Morgan fingerprint density at radius 1 is 1.30 bits per heavy atom. The second kappa shape index (κ2) is 2.83. The second-order valence-electron chi connectivity index (χ2n) is 1.95. The summed E-state index contributed by atoms with van der Waals surface area (Å²) in [7, 11) is 1.68. The van der Waals surface area contributed by atoms with Gasteiger partial charge in [-0.2, -0.15) is 0 Å². The first kappa shape index (κ1) is 6.56. The molecule has 50 valence electrons. The molecule has 0 aromatic heterocycles. The van der Waals surface area contributed by atoms with Crippen molar-refractivity contribution < 1.29 is 0 Å². The minimum atomic E-state index is 0.866. The molecule has 3 heteroatoms. The van der Waals surface area contributed by atoms with Crippen LogP contribution in [-0.2, 0) is 0 Å². The quantitative estimate of drug-likeness (QED) is 0.434. The van der Waals surface area contributed by atoms with Gasteiger partial charge in [-0.05, 0) is 17.1 Å². The minimum absolute atomic E-state index is 0.866. The van der Waals surface area contributed by atoms with Gasteiger partial charge in [-0.1, -0.05) is 18.2 Å². The highest BCUT2D eigenvalue weighted by Crippen LogP contribution is 2.09. The molecule has 0 spiro atoms. The molecule has 0 aliphatic carbocycles. The van der Waals surface area contributed by atoms with Gasteiger partial charge in [-0.3, -0.25) is 0 Å². The smallest absolute Gasteiger partial charge is 0.0621 e. The van der Waals surface area contributed by atoms with Gasteiger partial charge in [0.25, 0.3) is 5.39 Å². The van der Waals surface area contributed by atoms with Crippen LogP contribution < -0.4 is 5.01 Å². The highest BCUT2D eigenvalue weighted by atomic mass is 15.5. The van der Waals surface area contributed by atoms with E-state index < -0.39 is 0 Å². The highest BCUT2D eigenvalue weighted by molar-refractivity contribution is 5.45. The van der Waals surface area contributed by atoms with Crippen LogP contribution >= 0.6 is 0 Å². The molecule has 0 heterocycles. The summed E-state index contributed by atoms with van der Waals surface area (Å²) in [5.74, 6) is 0. The van der Waals surface area contributed by atoms with Gasteiger partial charge in [0.1, 0.15) is 5.69 Å². The van der Waals surface area contributed by atoms with E-state index >= 15 is 0 Å². The summed E-state index contributed by atoms with van der Waals surface area (Å²) in [6, 6.07) is 9.40. The molecule has 10 heavy (non-hydrogen) atoms. The topological polar surface area (TPSA) is 31.4 Å². The van der Waals surface area contributed by atoms with Crippen molar-refractivity contribution in [2.75, 3.05) is 12.1 Å². The van der Waals surface area contributed by atoms with Gasteiger partial charge in [0.15, 0.2) is 0 Å². The van der Waals surface area contributed by atoms with Crippen molar-refractivity contribution in [3.05, 3.63) is 35.4 Å². The molecule has 0 radical (unpaired) electrons.